The van der Waals surface area contributed by atoms with Crippen LogP contribution in [0.4, 0.5) is 0 Å². The minimum absolute atomic E-state index is 0.0352. The molecule has 1 aliphatic heterocycles. The highest BCUT2D eigenvalue weighted by Crippen LogP contribution is 2.24. The molecule has 0 spiro atoms. The number of nitrogens with two attached hydrogens (primary N) is 1. The van der Waals surface area contributed by atoms with Gasteiger partial charge in [-0.05, 0) is 19.3 Å². The van der Waals surface area contributed by atoms with Crippen molar-refractivity contribution in [2.75, 3.05) is 26.7 Å². The van der Waals surface area contributed by atoms with Crippen LogP contribution in [0.1, 0.15) is 38.5 Å². The van der Waals surface area contributed by atoms with Crippen molar-refractivity contribution in [3.8, 4) is 0 Å². The first-order valence-corrected chi connectivity index (χ1v) is 7.38. The van der Waals surface area contributed by atoms with Gasteiger partial charge in [-0.15, -0.1) is 0 Å². The molecule has 2 fully saturated rings. The van der Waals surface area contributed by atoms with E-state index in [0.29, 0.717) is 6.54 Å². The SMILES string of the molecule is CN1CCCN(C(=O)C2CCCCCC2N)CC1=O. The number of hydrogen-bond donors (Lipinski definition) is 1. The zero-order valence-corrected chi connectivity index (χ0v) is 11.8. The second-order valence-electron chi connectivity index (χ2n) is 5.84. The molecule has 2 amide bonds. The van der Waals surface area contributed by atoms with Crippen LogP contribution in [-0.2, 0) is 9.59 Å². The molecule has 1 heterocycles. The number of nitrogens with zero attached hydrogens (tertiary/aromatic N) is 2. The van der Waals surface area contributed by atoms with Crippen molar-refractivity contribution >= 4 is 11.8 Å². The van der Waals surface area contributed by atoms with Gasteiger partial charge in [0.15, 0.2) is 0 Å². The predicted octanol–water partition coefficient (Wildman–Crippen LogP) is 0.585. The summed E-state index contributed by atoms with van der Waals surface area (Å²) in [5.74, 6) is 0.0461. The van der Waals surface area contributed by atoms with Crippen molar-refractivity contribution in [3.05, 3.63) is 0 Å². The van der Waals surface area contributed by atoms with E-state index in [4.69, 9.17) is 5.73 Å². The summed E-state index contributed by atoms with van der Waals surface area (Å²) in [5.41, 5.74) is 6.14. The van der Waals surface area contributed by atoms with E-state index in [9.17, 15) is 9.59 Å². The summed E-state index contributed by atoms with van der Waals surface area (Å²) in [6, 6.07) is -0.0360. The van der Waals surface area contributed by atoms with Gasteiger partial charge >= 0.3 is 0 Å². The molecule has 1 saturated carbocycles. The Balaban J connectivity index is 2.02. The lowest BCUT2D eigenvalue weighted by Crippen LogP contribution is -2.46. The fourth-order valence-corrected chi connectivity index (χ4v) is 3.05. The monoisotopic (exact) mass is 267 g/mol. The minimum atomic E-state index is -0.0845. The van der Waals surface area contributed by atoms with Crippen LogP contribution in [0.15, 0.2) is 0 Å². The van der Waals surface area contributed by atoms with E-state index in [1.54, 1.807) is 16.8 Å². The van der Waals surface area contributed by atoms with Crippen LogP contribution in [-0.4, -0.2) is 54.3 Å². The van der Waals surface area contributed by atoms with Crippen molar-refractivity contribution in [1.82, 2.24) is 9.80 Å². The largest absolute Gasteiger partial charge is 0.344 e. The first kappa shape index (κ1) is 14.3. The molecule has 0 bridgehead atoms. The third-order valence-electron chi connectivity index (χ3n) is 4.37. The molecular formula is C14H25N3O2. The standard InChI is InChI=1S/C14H25N3O2/c1-16-8-5-9-17(10-13(16)18)14(19)11-6-3-2-4-7-12(11)15/h11-12H,2-10,15H2,1H3. The van der Waals surface area contributed by atoms with E-state index >= 15 is 0 Å². The van der Waals surface area contributed by atoms with Crippen LogP contribution in [0.5, 0.6) is 0 Å². The van der Waals surface area contributed by atoms with Gasteiger partial charge in [-0.2, -0.15) is 0 Å². The summed E-state index contributed by atoms with van der Waals surface area (Å²) in [5, 5.41) is 0. The number of hydrogen-bond acceptors (Lipinski definition) is 3. The molecule has 1 aliphatic carbocycles. The molecule has 0 aromatic heterocycles. The molecule has 2 atom stereocenters. The van der Waals surface area contributed by atoms with E-state index in [1.807, 2.05) is 0 Å². The van der Waals surface area contributed by atoms with Crippen molar-refractivity contribution < 1.29 is 9.59 Å². The Bertz CT molecular complexity index is 346. The highest BCUT2D eigenvalue weighted by Gasteiger charge is 2.32. The van der Waals surface area contributed by atoms with E-state index in [2.05, 4.69) is 0 Å². The molecule has 5 heteroatoms. The molecule has 0 aromatic carbocycles. The molecule has 2 aliphatic rings. The summed E-state index contributed by atoms with van der Waals surface area (Å²) in [6.45, 7) is 1.63. The van der Waals surface area contributed by atoms with Gasteiger partial charge in [0.1, 0.15) is 0 Å². The van der Waals surface area contributed by atoms with Gasteiger partial charge in [0.05, 0.1) is 12.5 Å². The molecule has 0 radical (unpaired) electrons. The molecule has 1 saturated heterocycles. The van der Waals surface area contributed by atoms with Gasteiger partial charge in [-0.3, -0.25) is 9.59 Å². The lowest BCUT2D eigenvalue weighted by atomic mass is 9.94. The van der Waals surface area contributed by atoms with Crippen molar-refractivity contribution in [3.63, 3.8) is 0 Å². The van der Waals surface area contributed by atoms with Crippen molar-refractivity contribution in [2.24, 2.45) is 11.7 Å². The van der Waals surface area contributed by atoms with Crippen LogP contribution in [0.2, 0.25) is 0 Å². The number of likely N-dealkylation sites (N-methyl/N-ethyl adjacent to an activating group) is 1. The average Bonchev–Trinajstić information content (AvgIpc) is 2.69. The fourth-order valence-electron chi connectivity index (χ4n) is 3.05. The van der Waals surface area contributed by atoms with E-state index < -0.39 is 0 Å². The maximum atomic E-state index is 12.6. The van der Waals surface area contributed by atoms with Crippen LogP contribution >= 0.6 is 0 Å². The van der Waals surface area contributed by atoms with Crippen molar-refractivity contribution in [2.45, 2.75) is 44.6 Å². The normalized spacial score (nSPS) is 29.9. The highest BCUT2D eigenvalue weighted by atomic mass is 16.2. The predicted molar refractivity (Wildman–Crippen MR) is 73.4 cm³/mol. The molecular weight excluding hydrogens is 242 g/mol. The fraction of sp³-hybridized carbons (Fsp3) is 0.857. The van der Waals surface area contributed by atoms with Crippen LogP contribution in [0.3, 0.4) is 0 Å². The number of amides is 2. The van der Waals surface area contributed by atoms with Crippen LogP contribution < -0.4 is 5.73 Å². The number of rotatable bonds is 1. The Morgan fingerprint density at radius 2 is 1.89 bits per heavy atom. The summed E-state index contributed by atoms with van der Waals surface area (Å²) in [4.78, 5) is 27.9. The molecule has 2 N–H and O–H groups in total. The first-order valence-electron chi connectivity index (χ1n) is 7.38. The Kier molecular flexibility index (Phi) is 4.80. The van der Waals surface area contributed by atoms with Gasteiger partial charge in [0, 0.05) is 26.2 Å². The Morgan fingerprint density at radius 1 is 1.16 bits per heavy atom. The third-order valence-corrected chi connectivity index (χ3v) is 4.37. The Hall–Kier alpha value is -1.10. The maximum absolute atomic E-state index is 12.6. The lowest BCUT2D eigenvalue weighted by molar-refractivity contribution is -0.141. The number of carbonyl (C=O) groups is 2. The first-order chi connectivity index (χ1) is 9.09. The highest BCUT2D eigenvalue weighted by molar-refractivity contribution is 5.86. The minimum Gasteiger partial charge on any atom is -0.344 e. The summed E-state index contributed by atoms with van der Waals surface area (Å²) in [6.07, 6.45) is 6.02. The molecule has 5 nitrogen and oxygen atoms in total. The summed E-state index contributed by atoms with van der Waals surface area (Å²) >= 11 is 0. The second kappa shape index (κ2) is 6.37. The third kappa shape index (κ3) is 3.47. The molecule has 19 heavy (non-hydrogen) atoms. The van der Waals surface area contributed by atoms with Gasteiger partial charge in [0.25, 0.3) is 0 Å². The summed E-state index contributed by atoms with van der Waals surface area (Å²) in [7, 11) is 1.80. The van der Waals surface area contributed by atoms with E-state index in [1.165, 1.54) is 6.42 Å². The van der Waals surface area contributed by atoms with Gasteiger partial charge in [0.2, 0.25) is 11.8 Å². The zero-order valence-electron chi connectivity index (χ0n) is 11.8. The molecule has 0 aromatic rings. The topological polar surface area (TPSA) is 66.6 Å². The van der Waals surface area contributed by atoms with Crippen LogP contribution in [0.25, 0.3) is 0 Å². The number of carbonyl (C=O) groups excluding carboxylic acids is 2. The van der Waals surface area contributed by atoms with Gasteiger partial charge < -0.3 is 15.5 Å². The van der Waals surface area contributed by atoms with Crippen LogP contribution in [0, 0.1) is 5.92 Å². The summed E-state index contributed by atoms with van der Waals surface area (Å²) < 4.78 is 0. The second-order valence-corrected chi connectivity index (χ2v) is 5.84. The lowest BCUT2D eigenvalue weighted by Gasteiger charge is -2.28. The Labute approximate surface area is 115 Å². The molecule has 2 rings (SSSR count). The molecule has 2 unspecified atom stereocenters. The smallest absolute Gasteiger partial charge is 0.241 e. The zero-order chi connectivity index (χ0) is 13.8. The molecule has 108 valence electrons. The average molecular weight is 267 g/mol. The van der Waals surface area contributed by atoms with Crippen molar-refractivity contribution in [1.29, 1.82) is 0 Å². The van der Waals surface area contributed by atoms with Gasteiger partial charge in [-0.1, -0.05) is 19.3 Å². The maximum Gasteiger partial charge on any atom is 0.241 e. The quantitative estimate of drug-likeness (QED) is 0.707. The van der Waals surface area contributed by atoms with Gasteiger partial charge in [-0.25, -0.2) is 0 Å². The van der Waals surface area contributed by atoms with E-state index in [0.717, 1.165) is 38.6 Å². The Morgan fingerprint density at radius 3 is 2.68 bits per heavy atom. The van der Waals surface area contributed by atoms with E-state index in [-0.39, 0.29) is 30.3 Å².